The molecule has 9 heteroatoms. The van der Waals surface area contributed by atoms with Gasteiger partial charge in [-0.15, -0.1) is 0 Å². The molecule has 1 unspecified atom stereocenters. The minimum atomic E-state index is -4.45. The number of aryl methyl sites for hydroxylation is 1. The highest BCUT2D eigenvalue weighted by Gasteiger charge is 2.40. The second kappa shape index (κ2) is 8.24. The summed E-state index contributed by atoms with van der Waals surface area (Å²) in [5.74, 6) is 1.36. The van der Waals surface area contributed by atoms with Crippen molar-refractivity contribution < 1.29 is 27.2 Å². The fourth-order valence-corrected chi connectivity index (χ4v) is 4.10. The van der Waals surface area contributed by atoms with Crippen molar-refractivity contribution in [3.8, 4) is 5.75 Å². The van der Waals surface area contributed by atoms with E-state index in [4.69, 9.17) is 9.26 Å². The molecule has 0 spiro atoms. The molecule has 2 aromatic rings. The highest BCUT2D eigenvalue weighted by atomic mass is 19.4. The molecule has 31 heavy (non-hydrogen) atoms. The van der Waals surface area contributed by atoms with Crippen molar-refractivity contribution in [3.63, 3.8) is 0 Å². The summed E-state index contributed by atoms with van der Waals surface area (Å²) in [6, 6.07) is 1.36. The first kappa shape index (κ1) is 21.8. The summed E-state index contributed by atoms with van der Waals surface area (Å²) in [5, 5.41) is 4.04. The van der Waals surface area contributed by atoms with Crippen LogP contribution in [0.25, 0.3) is 0 Å². The zero-order valence-electron chi connectivity index (χ0n) is 17.7. The lowest BCUT2D eigenvalue weighted by atomic mass is 9.78. The van der Waals surface area contributed by atoms with Gasteiger partial charge in [-0.25, -0.2) is 0 Å². The topological polar surface area (TPSA) is 78.1 Å². The van der Waals surface area contributed by atoms with Gasteiger partial charge in [-0.2, -0.15) is 18.2 Å². The number of ether oxygens (including phenoxy) is 1. The minimum absolute atomic E-state index is 0.0942. The average Bonchev–Trinajstić information content (AvgIpc) is 3.34. The number of nitrogens with zero attached hydrogens (tertiary/aromatic N) is 3. The molecule has 0 N–H and O–H groups in total. The van der Waals surface area contributed by atoms with Gasteiger partial charge in [-0.3, -0.25) is 9.78 Å². The van der Waals surface area contributed by atoms with Crippen LogP contribution in [0, 0.1) is 12.8 Å². The van der Waals surface area contributed by atoms with Crippen LogP contribution in [0.4, 0.5) is 13.2 Å². The van der Waals surface area contributed by atoms with Crippen molar-refractivity contribution in [2.24, 2.45) is 5.92 Å². The maximum absolute atomic E-state index is 13.1. The van der Waals surface area contributed by atoms with E-state index in [1.807, 2.05) is 6.92 Å². The molecule has 2 aliphatic rings. The van der Waals surface area contributed by atoms with Crippen LogP contribution in [0.3, 0.4) is 0 Å². The number of hydrogen-bond donors (Lipinski definition) is 0. The first-order chi connectivity index (χ1) is 14.6. The predicted molar refractivity (Wildman–Crippen MR) is 105 cm³/mol. The van der Waals surface area contributed by atoms with Gasteiger partial charge in [0.15, 0.2) is 18.2 Å². The number of halogens is 3. The van der Waals surface area contributed by atoms with Gasteiger partial charge in [0.1, 0.15) is 11.4 Å². The van der Waals surface area contributed by atoms with Crippen molar-refractivity contribution in [3.05, 3.63) is 35.2 Å². The van der Waals surface area contributed by atoms with Crippen molar-refractivity contribution in [1.82, 2.24) is 15.1 Å². The van der Waals surface area contributed by atoms with Crippen LogP contribution in [0.15, 0.2) is 16.8 Å². The quantitative estimate of drug-likeness (QED) is 0.495. The lowest BCUT2D eigenvalue weighted by Crippen LogP contribution is -2.29. The Morgan fingerprint density at radius 2 is 2.00 bits per heavy atom. The van der Waals surface area contributed by atoms with Crippen LogP contribution in [0.1, 0.15) is 85.6 Å². The highest BCUT2D eigenvalue weighted by molar-refractivity contribution is 5.95. The Labute approximate surface area is 178 Å². The Bertz CT molecular complexity index is 951. The van der Waals surface area contributed by atoms with Crippen molar-refractivity contribution in [2.75, 3.05) is 6.61 Å². The van der Waals surface area contributed by atoms with Gasteiger partial charge in [0.25, 0.3) is 0 Å². The molecule has 2 heterocycles. The van der Waals surface area contributed by atoms with E-state index < -0.39 is 18.2 Å². The summed E-state index contributed by atoms with van der Waals surface area (Å²) < 4.78 is 48.4. The zero-order chi connectivity index (χ0) is 22.2. The van der Waals surface area contributed by atoms with Crippen molar-refractivity contribution in [1.29, 1.82) is 0 Å². The molecule has 2 aromatic heterocycles. The average molecular weight is 437 g/mol. The summed E-state index contributed by atoms with van der Waals surface area (Å²) in [6.45, 7) is 2.23. The van der Waals surface area contributed by atoms with Gasteiger partial charge >= 0.3 is 6.18 Å². The van der Waals surface area contributed by atoms with E-state index in [0.717, 1.165) is 38.5 Å². The normalized spacial score (nSPS) is 19.0. The molecule has 0 amide bonds. The maximum Gasteiger partial charge on any atom is 0.422 e. The predicted octanol–water partition coefficient (Wildman–Crippen LogP) is 5.31. The van der Waals surface area contributed by atoms with Gasteiger partial charge in [0.2, 0.25) is 5.89 Å². The molecule has 0 bridgehead atoms. The molecule has 168 valence electrons. The number of ketones is 1. The van der Waals surface area contributed by atoms with Crippen molar-refractivity contribution >= 4 is 5.78 Å². The highest BCUT2D eigenvalue weighted by Crippen LogP contribution is 2.44. The Morgan fingerprint density at radius 1 is 1.26 bits per heavy atom. The second-order valence-corrected chi connectivity index (χ2v) is 9.08. The van der Waals surface area contributed by atoms with Crippen LogP contribution < -0.4 is 4.74 Å². The Kier molecular flexibility index (Phi) is 5.79. The Hall–Kier alpha value is -2.45. The third-order valence-electron chi connectivity index (χ3n) is 6.17. The number of carbonyl (C=O) groups excluding carboxylic acids is 1. The SMILES string of the molecule is Cc1nc(C(C)(CC(=O)c2cc(OCC(F)(F)F)c(C3CCC3)cn2)CC2CC2)no1. The van der Waals surface area contributed by atoms with Gasteiger partial charge in [0, 0.05) is 36.6 Å². The monoisotopic (exact) mass is 437 g/mol. The first-order valence-corrected chi connectivity index (χ1v) is 10.7. The van der Waals surface area contributed by atoms with Crippen LogP contribution in [0.2, 0.25) is 0 Å². The van der Waals surface area contributed by atoms with E-state index in [1.165, 1.54) is 12.3 Å². The van der Waals surface area contributed by atoms with E-state index in [1.54, 1.807) is 6.92 Å². The number of rotatable bonds is 9. The summed E-state index contributed by atoms with van der Waals surface area (Å²) in [6.07, 6.45) is 2.87. The van der Waals surface area contributed by atoms with E-state index in [2.05, 4.69) is 15.1 Å². The molecule has 0 radical (unpaired) electrons. The molecule has 2 fully saturated rings. The largest absolute Gasteiger partial charge is 0.484 e. The first-order valence-electron chi connectivity index (χ1n) is 10.7. The standard InChI is InChI=1S/C22H26F3N3O3/c1-13-27-20(28-31-13)21(2,9-14-6-7-14)10-18(29)17-8-19(30-12-22(23,24)25)16(11-26-17)15-4-3-5-15/h8,11,14-15H,3-7,9-10,12H2,1-2H3. The number of Topliss-reactive ketones (excluding diaryl/α,β-unsaturated/α-hetero) is 1. The van der Waals surface area contributed by atoms with Gasteiger partial charge in [-0.05, 0) is 31.1 Å². The number of hydrogen-bond acceptors (Lipinski definition) is 6. The van der Waals surface area contributed by atoms with Gasteiger partial charge in [0.05, 0.1) is 0 Å². The van der Waals surface area contributed by atoms with Gasteiger partial charge < -0.3 is 9.26 Å². The molecule has 4 rings (SSSR count). The molecule has 2 saturated carbocycles. The summed E-state index contributed by atoms with van der Waals surface area (Å²) in [7, 11) is 0. The second-order valence-electron chi connectivity index (χ2n) is 9.08. The fraction of sp³-hybridized carbons (Fsp3) is 0.636. The van der Waals surface area contributed by atoms with E-state index in [9.17, 15) is 18.0 Å². The lowest BCUT2D eigenvalue weighted by molar-refractivity contribution is -0.153. The van der Waals surface area contributed by atoms with Crippen LogP contribution >= 0.6 is 0 Å². The van der Waals surface area contributed by atoms with Crippen LogP contribution in [-0.2, 0) is 5.41 Å². The smallest absolute Gasteiger partial charge is 0.422 e. The van der Waals surface area contributed by atoms with Crippen LogP contribution in [0.5, 0.6) is 5.75 Å². The molecule has 0 aliphatic heterocycles. The summed E-state index contributed by atoms with van der Waals surface area (Å²) >= 11 is 0. The van der Waals surface area contributed by atoms with Crippen molar-refractivity contribution in [2.45, 2.75) is 76.3 Å². The molecule has 0 aromatic carbocycles. The Balaban J connectivity index is 1.57. The summed E-state index contributed by atoms with van der Waals surface area (Å²) in [5.41, 5.74) is 0.112. The van der Waals surface area contributed by atoms with E-state index in [0.29, 0.717) is 23.2 Å². The summed E-state index contributed by atoms with van der Waals surface area (Å²) in [4.78, 5) is 21.8. The number of alkyl halides is 3. The zero-order valence-corrected chi connectivity index (χ0v) is 17.7. The molecular weight excluding hydrogens is 411 g/mol. The number of aromatic nitrogens is 3. The third-order valence-corrected chi connectivity index (χ3v) is 6.17. The van der Waals surface area contributed by atoms with E-state index >= 15 is 0 Å². The molecule has 0 saturated heterocycles. The molecule has 6 nitrogen and oxygen atoms in total. The number of pyridine rings is 1. The molecule has 1 atom stereocenters. The van der Waals surface area contributed by atoms with Gasteiger partial charge in [-0.1, -0.05) is 31.3 Å². The lowest BCUT2D eigenvalue weighted by Gasteiger charge is -2.28. The number of carbonyl (C=O) groups is 1. The van der Waals surface area contributed by atoms with E-state index in [-0.39, 0.29) is 29.6 Å². The third kappa shape index (κ3) is 5.25. The molecular formula is C22H26F3N3O3. The fourth-order valence-electron chi connectivity index (χ4n) is 4.10. The Morgan fingerprint density at radius 3 is 2.55 bits per heavy atom. The maximum atomic E-state index is 13.1. The van der Waals surface area contributed by atoms with Crippen LogP contribution in [-0.4, -0.2) is 33.7 Å². The molecule has 2 aliphatic carbocycles. The minimum Gasteiger partial charge on any atom is -0.484 e.